The van der Waals surface area contributed by atoms with Gasteiger partial charge in [-0.25, -0.2) is 0 Å². The molecule has 2 heteroatoms. The molecular weight excluding hydrogens is 164 g/mol. The van der Waals surface area contributed by atoms with Crippen molar-refractivity contribution in [3.63, 3.8) is 0 Å². The van der Waals surface area contributed by atoms with Crippen LogP contribution in [-0.4, -0.2) is 17.5 Å². The molecule has 0 aromatic rings. The zero-order valence-corrected chi connectivity index (χ0v) is 7.31. The lowest BCUT2D eigenvalue weighted by Crippen LogP contribution is -2.35. The quantitative estimate of drug-likeness (QED) is 0.624. The van der Waals surface area contributed by atoms with E-state index in [1.165, 1.54) is 0 Å². The Labute approximate surface area is 76.3 Å². The van der Waals surface area contributed by atoms with Crippen LogP contribution in [0.15, 0.2) is 0 Å². The summed E-state index contributed by atoms with van der Waals surface area (Å²) in [6, 6.07) is 0. The number of carbonyl (C=O) groups excluding carboxylic acids is 1. The summed E-state index contributed by atoms with van der Waals surface area (Å²) in [6.07, 6.45) is 0.866. The Hall–Kier alpha value is -0.370. The molecule has 1 N–H and O–H groups in total. The van der Waals surface area contributed by atoms with Crippen molar-refractivity contribution in [2.24, 2.45) is 46.8 Å². The first-order valence-corrected chi connectivity index (χ1v) is 5.46. The summed E-state index contributed by atoms with van der Waals surface area (Å²) in [4.78, 5) is 11.7. The Balaban J connectivity index is 1.80. The molecule has 13 heavy (non-hydrogen) atoms. The van der Waals surface area contributed by atoms with Crippen molar-refractivity contribution in [2.75, 3.05) is 6.61 Å². The summed E-state index contributed by atoms with van der Waals surface area (Å²) in [5.41, 5.74) is 0.289. The number of hydrogen-bond acceptors (Lipinski definition) is 2. The smallest absolute Gasteiger partial charge is 0.136 e. The minimum atomic E-state index is 0.289. The van der Waals surface area contributed by atoms with Crippen molar-refractivity contribution in [1.29, 1.82) is 0 Å². The Morgan fingerprint density at radius 3 is 2.69 bits per heavy atom. The van der Waals surface area contributed by atoms with Crippen molar-refractivity contribution in [2.45, 2.75) is 6.42 Å². The fourth-order valence-electron chi connectivity index (χ4n) is 6.12. The number of rotatable bonds is 1. The third-order valence-corrected chi connectivity index (χ3v) is 6.11. The molecule has 0 amide bonds. The lowest BCUT2D eigenvalue weighted by atomic mass is 9.70. The lowest BCUT2D eigenvalue weighted by Gasteiger charge is -2.32. The molecule has 6 fully saturated rings. The average Bonchev–Trinajstić information content (AvgIpc) is 2.94. The molecule has 0 saturated heterocycles. The van der Waals surface area contributed by atoms with Gasteiger partial charge in [0.2, 0.25) is 0 Å². The zero-order valence-electron chi connectivity index (χ0n) is 7.31. The third kappa shape index (κ3) is 0.336. The molecule has 0 radical (unpaired) electrons. The molecule has 0 aliphatic heterocycles. The maximum absolute atomic E-state index is 11.7. The molecule has 0 aromatic carbocycles. The average molecular weight is 176 g/mol. The molecule has 6 aliphatic rings. The highest BCUT2D eigenvalue weighted by molar-refractivity contribution is 5.88. The fraction of sp³-hybridized carbons (Fsp3) is 0.909. The van der Waals surface area contributed by atoms with Crippen molar-refractivity contribution in [3.05, 3.63) is 0 Å². The molecule has 0 spiro atoms. The number of hydrogen-bond donors (Lipinski definition) is 1. The van der Waals surface area contributed by atoms with Crippen molar-refractivity contribution in [3.8, 4) is 0 Å². The van der Waals surface area contributed by atoms with Crippen LogP contribution in [0.5, 0.6) is 0 Å². The molecule has 2 bridgehead atoms. The van der Waals surface area contributed by atoms with Crippen LogP contribution < -0.4 is 0 Å². The highest BCUT2D eigenvalue weighted by Gasteiger charge is 2.96. The Bertz CT molecular complexity index is 359. The van der Waals surface area contributed by atoms with Crippen molar-refractivity contribution >= 4 is 5.78 Å². The second-order valence-electron chi connectivity index (χ2n) is 5.86. The van der Waals surface area contributed by atoms with Gasteiger partial charge in [-0.05, 0) is 35.5 Å². The number of aliphatic hydroxyl groups is 1. The molecule has 8 atom stereocenters. The second kappa shape index (κ2) is 1.31. The molecule has 68 valence electrons. The van der Waals surface area contributed by atoms with Crippen molar-refractivity contribution < 1.29 is 9.90 Å². The molecule has 6 rings (SSSR count). The van der Waals surface area contributed by atoms with Gasteiger partial charge in [-0.3, -0.25) is 4.79 Å². The topological polar surface area (TPSA) is 37.3 Å². The first kappa shape index (κ1) is 6.18. The molecule has 0 heterocycles. The summed E-state index contributed by atoms with van der Waals surface area (Å²) in [6.45, 7) is 0.375. The SMILES string of the molecule is O=C1CC2C3C4C1C1C2C1(CO)C34. The molecular formula is C11H12O2. The summed E-state index contributed by atoms with van der Waals surface area (Å²) < 4.78 is 0. The van der Waals surface area contributed by atoms with Crippen LogP contribution in [0.2, 0.25) is 0 Å². The minimum absolute atomic E-state index is 0.289. The standard InChI is InChI=1S/C11H12O2/c12-2-11-8-3-1-4(13)6(10(8)11)7-5(3)9(7)11/h3,5-10,12H,1-2H2. The van der Waals surface area contributed by atoms with E-state index in [0.717, 1.165) is 30.1 Å². The van der Waals surface area contributed by atoms with E-state index in [1.54, 1.807) is 0 Å². The van der Waals surface area contributed by atoms with Crippen LogP contribution in [0.3, 0.4) is 0 Å². The monoisotopic (exact) mass is 176 g/mol. The van der Waals surface area contributed by atoms with E-state index >= 15 is 0 Å². The van der Waals surface area contributed by atoms with Gasteiger partial charge < -0.3 is 5.11 Å². The number of aliphatic hydroxyl groups excluding tert-OH is 1. The summed E-state index contributed by atoms with van der Waals surface area (Å²) in [7, 11) is 0. The maximum atomic E-state index is 11.7. The Morgan fingerprint density at radius 2 is 2.15 bits per heavy atom. The summed E-state index contributed by atoms with van der Waals surface area (Å²) in [5, 5.41) is 9.50. The van der Waals surface area contributed by atoms with Gasteiger partial charge in [0.1, 0.15) is 5.78 Å². The van der Waals surface area contributed by atoms with Crippen LogP contribution in [-0.2, 0) is 4.79 Å². The number of carbonyl (C=O) groups is 1. The molecule has 0 aromatic heterocycles. The van der Waals surface area contributed by atoms with E-state index in [4.69, 9.17) is 0 Å². The highest BCUT2D eigenvalue weighted by atomic mass is 16.3. The molecule has 6 aliphatic carbocycles. The third-order valence-electron chi connectivity index (χ3n) is 6.11. The van der Waals surface area contributed by atoms with Gasteiger partial charge in [0.15, 0.2) is 0 Å². The fourth-order valence-corrected chi connectivity index (χ4v) is 6.12. The van der Waals surface area contributed by atoms with Gasteiger partial charge in [0.05, 0.1) is 0 Å². The lowest BCUT2D eigenvalue weighted by molar-refractivity contribution is -0.130. The predicted molar refractivity (Wildman–Crippen MR) is 43.6 cm³/mol. The van der Waals surface area contributed by atoms with Gasteiger partial charge in [-0.2, -0.15) is 0 Å². The Kier molecular flexibility index (Phi) is 0.624. The van der Waals surface area contributed by atoms with E-state index in [-0.39, 0.29) is 5.41 Å². The number of Topliss-reactive ketones (excluding diaryl/α,β-unsaturated/α-hetero) is 1. The number of fused-ring (bicyclic) bond motifs is 1. The van der Waals surface area contributed by atoms with Gasteiger partial charge in [-0.1, -0.05) is 0 Å². The van der Waals surface area contributed by atoms with Crippen LogP contribution in [0.1, 0.15) is 6.42 Å². The van der Waals surface area contributed by atoms with E-state index in [1.807, 2.05) is 0 Å². The van der Waals surface area contributed by atoms with Gasteiger partial charge in [-0.15, -0.1) is 0 Å². The van der Waals surface area contributed by atoms with E-state index in [0.29, 0.717) is 30.1 Å². The zero-order chi connectivity index (χ0) is 8.53. The van der Waals surface area contributed by atoms with Crippen molar-refractivity contribution in [1.82, 2.24) is 0 Å². The van der Waals surface area contributed by atoms with E-state index in [9.17, 15) is 9.90 Å². The van der Waals surface area contributed by atoms with Crippen LogP contribution in [0.4, 0.5) is 0 Å². The predicted octanol–water partition coefficient (Wildman–Crippen LogP) is 0.306. The maximum Gasteiger partial charge on any atom is 0.136 e. The van der Waals surface area contributed by atoms with Crippen LogP contribution in [0.25, 0.3) is 0 Å². The van der Waals surface area contributed by atoms with Crippen LogP contribution in [0, 0.1) is 46.8 Å². The number of ketones is 1. The minimum Gasteiger partial charge on any atom is -0.396 e. The van der Waals surface area contributed by atoms with E-state index < -0.39 is 0 Å². The summed E-state index contributed by atoms with van der Waals surface area (Å²) in [5.74, 6) is 5.50. The molecule has 2 nitrogen and oxygen atoms in total. The highest BCUT2D eigenvalue weighted by Crippen LogP contribution is 2.96. The second-order valence-corrected chi connectivity index (χ2v) is 5.86. The summed E-state index contributed by atoms with van der Waals surface area (Å²) >= 11 is 0. The van der Waals surface area contributed by atoms with E-state index in [2.05, 4.69) is 0 Å². The Morgan fingerprint density at radius 1 is 1.31 bits per heavy atom. The van der Waals surface area contributed by atoms with Gasteiger partial charge in [0, 0.05) is 24.4 Å². The largest absolute Gasteiger partial charge is 0.396 e. The normalized spacial score (nSPS) is 78.8. The van der Waals surface area contributed by atoms with Crippen LogP contribution >= 0.6 is 0 Å². The first-order chi connectivity index (χ1) is 6.32. The molecule has 6 saturated carbocycles. The molecule has 8 unspecified atom stereocenters. The van der Waals surface area contributed by atoms with Gasteiger partial charge >= 0.3 is 0 Å². The van der Waals surface area contributed by atoms with Gasteiger partial charge in [0.25, 0.3) is 0 Å². The first-order valence-electron chi connectivity index (χ1n) is 5.46.